The summed E-state index contributed by atoms with van der Waals surface area (Å²) >= 11 is 0. The molecule has 2 aromatic heterocycles. The fraction of sp³-hybridized carbons (Fsp3) is 0.263. The number of rotatable bonds is 5. The predicted octanol–water partition coefficient (Wildman–Crippen LogP) is 3.87. The standard InChI is InChI=1S/C19H17F3N2O3/c1-3-15-17(12-4-6-13(7-5-12)27-11-19(20,21)22)18(25)24-9-8-14(26-2)10-16(24)23-15/h4-10H,3,11H2,1-2H3. The number of alkyl halides is 3. The first-order valence-electron chi connectivity index (χ1n) is 8.21. The highest BCUT2D eigenvalue weighted by Gasteiger charge is 2.28. The van der Waals surface area contributed by atoms with Crippen molar-refractivity contribution in [3.63, 3.8) is 0 Å². The zero-order valence-corrected chi connectivity index (χ0v) is 14.7. The van der Waals surface area contributed by atoms with Crippen LogP contribution in [0.15, 0.2) is 47.4 Å². The average molecular weight is 378 g/mol. The van der Waals surface area contributed by atoms with Crippen LogP contribution in [0.2, 0.25) is 0 Å². The van der Waals surface area contributed by atoms with Gasteiger partial charge in [0.25, 0.3) is 5.56 Å². The normalized spacial score (nSPS) is 11.6. The van der Waals surface area contributed by atoms with E-state index in [2.05, 4.69) is 4.98 Å². The number of fused-ring (bicyclic) bond motifs is 1. The summed E-state index contributed by atoms with van der Waals surface area (Å²) in [4.78, 5) is 17.5. The van der Waals surface area contributed by atoms with Crippen LogP contribution in [-0.2, 0) is 6.42 Å². The van der Waals surface area contributed by atoms with Gasteiger partial charge in [-0.25, -0.2) is 4.98 Å². The van der Waals surface area contributed by atoms with E-state index in [9.17, 15) is 18.0 Å². The Morgan fingerprint density at radius 2 is 1.81 bits per heavy atom. The van der Waals surface area contributed by atoms with Gasteiger partial charge in [-0.3, -0.25) is 9.20 Å². The molecule has 0 radical (unpaired) electrons. The van der Waals surface area contributed by atoms with Gasteiger partial charge in [0.05, 0.1) is 18.4 Å². The number of aromatic nitrogens is 2. The number of aryl methyl sites for hydroxylation is 1. The Morgan fingerprint density at radius 3 is 2.41 bits per heavy atom. The summed E-state index contributed by atoms with van der Waals surface area (Å²) in [5.74, 6) is 0.663. The molecule has 0 bridgehead atoms. The minimum absolute atomic E-state index is 0.0766. The molecule has 0 amide bonds. The van der Waals surface area contributed by atoms with Crippen molar-refractivity contribution in [1.82, 2.24) is 9.38 Å². The number of halogens is 3. The molecule has 0 saturated heterocycles. The molecule has 3 rings (SSSR count). The van der Waals surface area contributed by atoms with Gasteiger partial charge < -0.3 is 9.47 Å². The van der Waals surface area contributed by atoms with E-state index in [-0.39, 0.29) is 11.3 Å². The van der Waals surface area contributed by atoms with Gasteiger partial charge >= 0.3 is 6.18 Å². The Balaban J connectivity index is 2.03. The van der Waals surface area contributed by atoms with E-state index in [0.29, 0.717) is 34.6 Å². The number of nitrogens with zero attached hydrogens (tertiary/aromatic N) is 2. The fourth-order valence-corrected chi connectivity index (χ4v) is 2.72. The molecule has 0 aliphatic heterocycles. The van der Waals surface area contributed by atoms with E-state index in [4.69, 9.17) is 9.47 Å². The van der Waals surface area contributed by atoms with E-state index < -0.39 is 12.8 Å². The lowest BCUT2D eigenvalue weighted by molar-refractivity contribution is -0.153. The van der Waals surface area contributed by atoms with Crippen LogP contribution in [0.3, 0.4) is 0 Å². The van der Waals surface area contributed by atoms with Gasteiger partial charge in [0, 0.05) is 12.3 Å². The maximum atomic E-state index is 13.0. The minimum atomic E-state index is -4.41. The molecule has 5 nitrogen and oxygen atoms in total. The van der Waals surface area contributed by atoms with E-state index in [1.165, 1.54) is 23.6 Å². The summed E-state index contributed by atoms with van der Waals surface area (Å²) in [6.07, 6.45) is -2.31. The van der Waals surface area contributed by atoms with Crippen LogP contribution in [0.25, 0.3) is 16.8 Å². The number of hydrogen-bond donors (Lipinski definition) is 0. The lowest BCUT2D eigenvalue weighted by Gasteiger charge is -2.12. The number of benzene rings is 1. The molecule has 0 fully saturated rings. The second kappa shape index (κ2) is 7.30. The van der Waals surface area contributed by atoms with Gasteiger partial charge in [0.15, 0.2) is 6.61 Å². The highest BCUT2D eigenvalue weighted by Crippen LogP contribution is 2.25. The van der Waals surface area contributed by atoms with Gasteiger partial charge in [-0.15, -0.1) is 0 Å². The van der Waals surface area contributed by atoms with Crippen molar-refractivity contribution >= 4 is 5.65 Å². The quantitative estimate of drug-likeness (QED) is 0.676. The largest absolute Gasteiger partial charge is 0.497 e. The number of pyridine rings is 1. The number of methoxy groups -OCH3 is 1. The second-order valence-corrected chi connectivity index (χ2v) is 5.82. The number of hydrogen-bond acceptors (Lipinski definition) is 4. The van der Waals surface area contributed by atoms with Crippen LogP contribution in [0, 0.1) is 0 Å². The lowest BCUT2D eigenvalue weighted by Crippen LogP contribution is -2.20. The second-order valence-electron chi connectivity index (χ2n) is 5.82. The van der Waals surface area contributed by atoms with E-state index in [0.717, 1.165) is 0 Å². The van der Waals surface area contributed by atoms with Crippen molar-refractivity contribution in [2.24, 2.45) is 0 Å². The van der Waals surface area contributed by atoms with Crippen molar-refractivity contribution in [3.8, 4) is 22.6 Å². The Hall–Kier alpha value is -3.03. The minimum Gasteiger partial charge on any atom is -0.497 e. The molecule has 0 saturated carbocycles. The average Bonchev–Trinajstić information content (AvgIpc) is 2.65. The lowest BCUT2D eigenvalue weighted by atomic mass is 10.0. The summed E-state index contributed by atoms with van der Waals surface area (Å²) in [6.45, 7) is 0.511. The zero-order valence-electron chi connectivity index (χ0n) is 14.7. The van der Waals surface area contributed by atoms with Crippen molar-refractivity contribution in [1.29, 1.82) is 0 Å². The zero-order chi connectivity index (χ0) is 19.6. The Bertz CT molecular complexity index is 1010. The molecule has 0 spiro atoms. The molecule has 1 aromatic carbocycles. The molecular weight excluding hydrogens is 361 g/mol. The van der Waals surface area contributed by atoms with Gasteiger partial charge in [-0.2, -0.15) is 13.2 Å². The van der Waals surface area contributed by atoms with E-state index in [1.54, 1.807) is 30.5 Å². The molecular formula is C19H17F3N2O3. The summed E-state index contributed by atoms with van der Waals surface area (Å²) in [5.41, 5.74) is 1.77. The third-order valence-electron chi connectivity index (χ3n) is 3.99. The summed E-state index contributed by atoms with van der Waals surface area (Å²) < 4.78 is 48.0. The van der Waals surface area contributed by atoms with Crippen molar-refractivity contribution in [3.05, 3.63) is 58.6 Å². The Kier molecular flexibility index (Phi) is 5.07. The molecule has 0 atom stereocenters. The van der Waals surface area contributed by atoms with Crippen LogP contribution < -0.4 is 15.0 Å². The van der Waals surface area contributed by atoms with Gasteiger partial charge in [-0.05, 0) is 30.2 Å². The third-order valence-corrected chi connectivity index (χ3v) is 3.99. The highest BCUT2D eigenvalue weighted by molar-refractivity contribution is 5.67. The van der Waals surface area contributed by atoms with Crippen LogP contribution in [0.1, 0.15) is 12.6 Å². The molecule has 8 heteroatoms. The summed E-state index contributed by atoms with van der Waals surface area (Å²) in [7, 11) is 1.53. The van der Waals surface area contributed by atoms with Gasteiger partial charge in [-0.1, -0.05) is 19.1 Å². The highest BCUT2D eigenvalue weighted by atomic mass is 19.4. The first-order valence-corrected chi connectivity index (χ1v) is 8.21. The molecule has 3 aromatic rings. The first kappa shape index (κ1) is 18.8. The maximum Gasteiger partial charge on any atom is 0.422 e. The predicted molar refractivity (Wildman–Crippen MR) is 94.4 cm³/mol. The van der Waals surface area contributed by atoms with E-state index >= 15 is 0 Å². The van der Waals surface area contributed by atoms with Gasteiger partial charge in [0.2, 0.25) is 0 Å². The van der Waals surface area contributed by atoms with Crippen molar-refractivity contribution in [2.45, 2.75) is 19.5 Å². The fourth-order valence-electron chi connectivity index (χ4n) is 2.72. The topological polar surface area (TPSA) is 52.8 Å². The molecule has 0 N–H and O–H groups in total. The smallest absolute Gasteiger partial charge is 0.422 e. The van der Waals surface area contributed by atoms with E-state index in [1.807, 2.05) is 6.92 Å². The Morgan fingerprint density at radius 1 is 1.11 bits per heavy atom. The molecule has 2 heterocycles. The van der Waals surface area contributed by atoms with Crippen LogP contribution in [0.4, 0.5) is 13.2 Å². The maximum absolute atomic E-state index is 13.0. The van der Waals surface area contributed by atoms with Crippen molar-refractivity contribution in [2.75, 3.05) is 13.7 Å². The molecule has 27 heavy (non-hydrogen) atoms. The van der Waals surface area contributed by atoms with Crippen LogP contribution in [0.5, 0.6) is 11.5 Å². The van der Waals surface area contributed by atoms with Crippen LogP contribution >= 0.6 is 0 Å². The third kappa shape index (κ3) is 4.05. The van der Waals surface area contributed by atoms with Gasteiger partial charge in [0.1, 0.15) is 17.1 Å². The molecule has 0 aliphatic carbocycles. The summed E-state index contributed by atoms with van der Waals surface area (Å²) in [5, 5.41) is 0. The monoisotopic (exact) mass is 378 g/mol. The first-order chi connectivity index (χ1) is 12.8. The molecule has 0 unspecified atom stereocenters. The molecule has 0 aliphatic rings. The van der Waals surface area contributed by atoms with Crippen molar-refractivity contribution < 1.29 is 22.6 Å². The Labute approximate surface area is 153 Å². The molecule has 142 valence electrons. The SMILES string of the molecule is CCc1nc2cc(OC)ccn2c(=O)c1-c1ccc(OCC(F)(F)F)cc1. The summed E-state index contributed by atoms with van der Waals surface area (Å²) in [6, 6.07) is 9.24. The number of ether oxygens (including phenoxy) is 2. The van der Waals surface area contributed by atoms with Crippen LogP contribution in [-0.4, -0.2) is 29.3 Å².